The van der Waals surface area contributed by atoms with Crippen molar-refractivity contribution >= 4 is 18.5 Å². The maximum absolute atomic E-state index is 9.71. The van der Waals surface area contributed by atoms with Gasteiger partial charge in [0.25, 0.3) is 0 Å². The first-order valence-corrected chi connectivity index (χ1v) is 2.23. The maximum atomic E-state index is 9.71. The van der Waals surface area contributed by atoms with Crippen molar-refractivity contribution in [2.45, 2.75) is 0 Å². The molecule has 5 heteroatoms. The van der Waals surface area contributed by atoms with Gasteiger partial charge in [-0.3, -0.25) is 0 Å². The normalized spacial score (nSPS) is 7.67. The van der Waals surface area contributed by atoms with E-state index >= 15 is 0 Å². The molecule has 0 unspecified atom stereocenters. The van der Waals surface area contributed by atoms with Gasteiger partial charge < -0.3 is 15.2 Å². The fraction of sp³-hybridized carbons (Fsp3) is 0.750. The molecule has 0 aliphatic rings. The predicted molar refractivity (Wildman–Crippen MR) is 35.2 cm³/mol. The van der Waals surface area contributed by atoms with Gasteiger partial charge in [-0.2, -0.15) is 0 Å². The van der Waals surface area contributed by atoms with Crippen LogP contribution in [-0.4, -0.2) is 31.5 Å². The molecule has 0 spiro atoms. The number of rotatable bonds is 3. The van der Waals surface area contributed by atoms with E-state index in [9.17, 15) is 4.79 Å². The fourth-order valence-electron chi connectivity index (χ4n) is 0.260. The minimum Gasteiger partial charge on any atom is -0.465 e. The highest BCUT2D eigenvalue weighted by molar-refractivity contribution is 5.85. The Bertz CT molecular complexity index is 78.2. The average molecular weight is 156 g/mol. The van der Waals surface area contributed by atoms with Crippen LogP contribution in [0, 0.1) is 0 Å². The molecule has 0 heterocycles. The summed E-state index contributed by atoms with van der Waals surface area (Å²) in [4.78, 5) is 9.71. The number of ether oxygens (including phenoxy) is 1. The van der Waals surface area contributed by atoms with E-state index in [0.717, 1.165) is 0 Å². The Morgan fingerprint density at radius 2 is 2.33 bits per heavy atom. The Balaban J connectivity index is 0. The molecule has 4 nitrogen and oxygen atoms in total. The van der Waals surface area contributed by atoms with E-state index < -0.39 is 6.09 Å². The Labute approximate surface area is 59.6 Å². The van der Waals surface area contributed by atoms with Crippen molar-refractivity contribution < 1.29 is 14.6 Å². The lowest BCUT2D eigenvalue weighted by atomic mass is 10.7. The van der Waals surface area contributed by atoms with Crippen LogP contribution in [0.2, 0.25) is 0 Å². The third-order valence-corrected chi connectivity index (χ3v) is 0.582. The third kappa shape index (κ3) is 11.2. The number of hydrogen-bond donors (Lipinski definition) is 2. The van der Waals surface area contributed by atoms with Crippen molar-refractivity contribution in [3.8, 4) is 0 Å². The molecule has 1 amide bonds. The van der Waals surface area contributed by atoms with E-state index in [1.807, 2.05) is 0 Å². The van der Waals surface area contributed by atoms with Crippen molar-refractivity contribution in [2.75, 3.05) is 20.3 Å². The number of hydrogen-bond acceptors (Lipinski definition) is 2. The van der Waals surface area contributed by atoms with Crippen LogP contribution in [-0.2, 0) is 4.74 Å². The molecule has 0 bridgehead atoms. The minimum absolute atomic E-state index is 0. The molecule has 2 N–H and O–H groups in total. The number of methoxy groups -OCH3 is 1. The molecule has 0 aromatic carbocycles. The monoisotopic (exact) mass is 155 g/mol. The van der Waals surface area contributed by atoms with Crippen LogP contribution < -0.4 is 5.32 Å². The van der Waals surface area contributed by atoms with Gasteiger partial charge in [0, 0.05) is 13.7 Å². The van der Waals surface area contributed by atoms with Gasteiger partial charge in [-0.05, 0) is 0 Å². The third-order valence-electron chi connectivity index (χ3n) is 0.582. The molecule has 56 valence electrons. The molecule has 0 aromatic rings. The summed E-state index contributed by atoms with van der Waals surface area (Å²) >= 11 is 0. The second-order valence-corrected chi connectivity index (χ2v) is 1.22. The van der Waals surface area contributed by atoms with Crippen molar-refractivity contribution in [2.24, 2.45) is 0 Å². The van der Waals surface area contributed by atoms with Gasteiger partial charge in [-0.25, -0.2) is 4.79 Å². The highest BCUT2D eigenvalue weighted by Gasteiger charge is 1.89. The summed E-state index contributed by atoms with van der Waals surface area (Å²) in [5.41, 5.74) is 0. The van der Waals surface area contributed by atoms with E-state index in [1.165, 1.54) is 7.11 Å². The first-order chi connectivity index (χ1) is 3.77. The first-order valence-electron chi connectivity index (χ1n) is 2.23. The topological polar surface area (TPSA) is 58.6 Å². The highest BCUT2D eigenvalue weighted by Crippen LogP contribution is 1.63. The van der Waals surface area contributed by atoms with Gasteiger partial charge >= 0.3 is 6.09 Å². The summed E-state index contributed by atoms with van der Waals surface area (Å²) in [7, 11) is 1.52. The molecular weight excluding hydrogens is 146 g/mol. The van der Waals surface area contributed by atoms with Crippen LogP contribution in [0.1, 0.15) is 0 Å². The molecule has 0 saturated heterocycles. The molecule has 9 heavy (non-hydrogen) atoms. The number of amides is 1. The molecule has 0 rings (SSSR count). The minimum atomic E-state index is -1.01. The van der Waals surface area contributed by atoms with Gasteiger partial charge in [0.2, 0.25) is 0 Å². The summed E-state index contributed by atoms with van der Waals surface area (Å²) in [5.74, 6) is 0. The zero-order valence-corrected chi connectivity index (χ0v) is 5.90. The number of halogens is 1. The number of nitrogens with one attached hydrogen (secondary N) is 1. The highest BCUT2D eigenvalue weighted by atomic mass is 35.5. The quantitative estimate of drug-likeness (QED) is 0.578. The molecule has 0 radical (unpaired) electrons. The lowest BCUT2D eigenvalue weighted by Crippen LogP contribution is -2.24. The van der Waals surface area contributed by atoms with Crippen LogP contribution in [0.25, 0.3) is 0 Å². The second-order valence-electron chi connectivity index (χ2n) is 1.22. The number of carboxylic acid groups (broad SMARTS) is 1. The Hall–Kier alpha value is -0.480. The standard InChI is InChI=1S/C4H9NO3.ClH/c1-8-3-2-5-4(6)7;/h5H,2-3H2,1H3,(H,6,7);1H. The molecular formula is C4H10ClNO3. The Kier molecular flexibility index (Phi) is 9.47. The van der Waals surface area contributed by atoms with E-state index in [0.29, 0.717) is 13.2 Å². The summed E-state index contributed by atoms with van der Waals surface area (Å²) in [6, 6.07) is 0. The smallest absolute Gasteiger partial charge is 0.404 e. The molecule has 0 aliphatic heterocycles. The number of carbonyl (C=O) groups is 1. The summed E-state index contributed by atoms with van der Waals surface area (Å²) in [6.07, 6.45) is -1.01. The van der Waals surface area contributed by atoms with Crippen LogP contribution in [0.5, 0.6) is 0 Å². The molecule has 0 saturated carbocycles. The molecule has 0 fully saturated rings. The fourth-order valence-corrected chi connectivity index (χ4v) is 0.260. The predicted octanol–water partition coefficient (Wildman–Crippen LogP) is 0.322. The summed E-state index contributed by atoms with van der Waals surface area (Å²) < 4.78 is 4.57. The summed E-state index contributed by atoms with van der Waals surface area (Å²) in [5, 5.41) is 10.1. The molecule has 0 aliphatic carbocycles. The van der Waals surface area contributed by atoms with Crippen LogP contribution in [0.15, 0.2) is 0 Å². The van der Waals surface area contributed by atoms with Crippen molar-refractivity contribution in [1.29, 1.82) is 0 Å². The van der Waals surface area contributed by atoms with E-state index in [2.05, 4.69) is 10.1 Å². The lowest BCUT2D eigenvalue weighted by molar-refractivity contribution is 0.176. The van der Waals surface area contributed by atoms with Gasteiger partial charge in [0.15, 0.2) is 0 Å². The van der Waals surface area contributed by atoms with Crippen molar-refractivity contribution in [3.05, 3.63) is 0 Å². The van der Waals surface area contributed by atoms with E-state index in [4.69, 9.17) is 5.11 Å². The maximum Gasteiger partial charge on any atom is 0.404 e. The molecule has 0 atom stereocenters. The lowest BCUT2D eigenvalue weighted by Gasteiger charge is -1.96. The van der Waals surface area contributed by atoms with Crippen LogP contribution in [0.4, 0.5) is 4.79 Å². The zero-order valence-electron chi connectivity index (χ0n) is 5.09. The molecule has 0 aromatic heterocycles. The van der Waals surface area contributed by atoms with Gasteiger partial charge in [-0.1, -0.05) is 0 Å². The SMILES string of the molecule is COCCNC(=O)O.Cl. The summed E-state index contributed by atoms with van der Waals surface area (Å²) in [6.45, 7) is 0.776. The average Bonchev–Trinajstić information content (AvgIpc) is 1.66. The second kappa shape index (κ2) is 7.52. The van der Waals surface area contributed by atoms with Crippen LogP contribution >= 0.6 is 12.4 Å². The Morgan fingerprint density at radius 1 is 1.78 bits per heavy atom. The van der Waals surface area contributed by atoms with Crippen molar-refractivity contribution in [1.82, 2.24) is 5.32 Å². The van der Waals surface area contributed by atoms with Gasteiger partial charge in [0.05, 0.1) is 6.61 Å². The van der Waals surface area contributed by atoms with Gasteiger partial charge in [-0.15, -0.1) is 12.4 Å². The van der Waals surface area contributed by atoms with E-state index in [1.54, 1.807) is 0 Å². The van der Waals surface area contributed by atoms with Crippen LogP contribution in [0.3, 0.4) is 0 Å². The van der Waals surface area contributed by atoms with Crippen molar-refractivity contribution in [3.63, 3.8) is 0 Å². The Morgan fingerprint density at radius 3 is 2.67 bits per heavy atom. The first kappa shape index (κ1) is 11.3. The largest absolute Gasteiger partial charge is 0.465 e. The van der Waals surface area contributed by atoms with Gasteiger partial charge in [0.1, 0.15) is 0 Å². The van der Waals surface area contributed by atoms with E-state index in [-0.39, 0.29) is 12.4 Å². The zero-order chi connectivity index (χ0) is 6.41.